The topological polar surface area (TPSA) is 9.23 Å². The predicted octanol–water partition coefficient (Wildman–Crippen LogP) is 4.77. The van der Waals surface area contributed by atoms with Crippen LogP contribution in [0.2, 0.25) is 0 Å². The van der Waals surface area contributed by atoms with Crippen LogP contribution in [0.25, 0.3) is 0 Å². The molecular formula is C20H26O. The van der Waals surface area contributed by atoms with E-state index in [4.69, 9.17) is 11.2 Å². The van der Waals surface area contributed by atoms with Gasteiger partial charge in [-0.2, -0.15) is 0 Å². The van der Waals surface area contributed by atoms with Crippen LogP contribution in [0.1, 0.15) is 52.5 Å². The fourth-order valence-electron chi connectivity index (χ4n) is 4.53. The second kappa shape index (κ2) is 4.62. The lowest BCUT2D eigenvalue weighted by Gasteiger charge is -2.42. The summed E-state index contributed by atoms with van der Waals surface area (Å²) in [6.45, 7) is 9.24. The van der Waals surface area contributed by atoms with Gasteiger partial charge in [0.15, 0.2) is 5.60 Å². The molecular weight excluding hydrogens is 256 g/mol. The maximum atomic E-state index is 6.57. The summed E-state index contributed by atoms with van der Waals surface area (Å²) in [7, 11) is 0. The Bertz CT molecular complexity index is 567. The number of hydrogen-bond donors (Lipinski definition) is 0. The van der Waals surface area contributed by atoms with Crippen LogP contribution in [0, 0.1) is 29.1 Å². The normalized spacial score (nSPS) is 36.1. The van der Waals surface area contributed by atoms with Crippen molar-refractivity contribution in [3.8, 4) is 12.3 Å². The van der Waals surface area contributed by atoms with E-state index in [0.29, 0.717) is 5.41 Å². The van der Waals surface area contributed by atoms with E-state index in [9.17, 15) is 0 Å². The largest absolute Gasteiger partial charge is 0.355 e. The molecule has 2 aliphatic carbocycles. The summed E-state index contributed by atoms with van der Waals surface area (Å²) < 4.78 is 6.57. The van der Waals surface area contributed by atoms with Gasteiger partial charge in [0.1, 0.15) is 0 Å². The van der Waals surface area contributed by atoms with Crippen molar-refractivity contribution in [1.29, 1.82) is 0 Å². The van der Waals surface area contributed by atoms with E-state index in [1.807, 2.05) is 25.1 Å². The minimum Gasteiger partial charge on any atom is -0.355 e. The lowest BCUT2D eigenvalue weighted by molar-refractivity contribution is -0.113. The molecule has 1 heteroatoms. The van der Waals surface area contributed by atoms with Crippen molar-refractivity contribution in [3.05, 3.63) is 35.9 Å². The molecule has 0 radical (unpaired) electrons. The molecule has 4 unspecified atom stereocenters. The molecule has 0 aliphatic heterocycles. The molecule has 1 nitrogen and oxygen atoms in total. The van der Waals surface area contributed by atoms with Crippen molar-refractivity contribution in [2.24, 2.45) is 16.7 Å². The van der Waals surface area contributed by atoms with Gasteiger partial charge >= 0.3 is 0 Å². The fraction of sp³-hybridized carbons (Fsp3) is 0.600. The van der Waals surface area contributed by atoms with Gasteiger partial charge in [0, 0.05) is 0 Å². The molecule has 0 amide bonds. The molecule has 0 saturated heterocycles. The van der Waals surface area contributed by atoms with Crippen molar-refractivity contribution in [3.63, 3.8) is 0 Å². The summed E-state index contributed by atoms with van der Waals surface area (Å²) in [5, 5.41) is 0. The summed E-state index contributed by atoms with van der Waals surface area (Å²) in [5.41, 5.74) is 1.04. The van der Waals surface area contributed by atoms with E-state index in [0.717, 1.165) is 17.9 Å². The van der Waals surface area contributed by atoms with Crippen molar-refractivity contribution >= 4 is 0 Å². The minimum absolute atomic E-state index is 0.241. The van der Waals surface area contributed by atoms with Crippen molar-refractivity contribution in [2.75, 3.05) is 0 Å². The Kier molecular flexibility index (Phi) is 3.22. The van der Waals surface area contributed by atoms with Crippen LogP contribution in [0.3, 0.4) is 0 Å². The van der Waals surface area contributed by atoms with E-state index in [1.54, 1.807) is 0 Å². The van der Waals surface area contributed by atoms with Crippen molar-refractivity contribution < 1.29 is 4.74 Å². The quantitative estimate of drug-likeness (QED) is 0.726. The SMILES string of the molecule is C#CC(C)(OC1CC2CCC1(C)C2(C)C)c1ccccc1. The standard InChI is InChI=1S/C20H26O/c1-6-20(5,15-10-8-7-9-11-15)21-17-14-16-12-13-19(17,4)18(16,2)3/h1,7-11,16-17H,12-14H2,2-5H3. The first-order valence-electron chi connectivity index (χ1n) is 8.04. The van der Waals surface area contributed by atoms with Crippen LogP contribution in [-0.4, -0.2) is 6.10 Å². The molecule has 0 spiro atoms. The summed E-state index contributed by atoms with van der Waals surface area (Å²) in [4.78, 5) is 0. The molecule has 1 aromatic rings. The smallest absolute Gasteiger partial charge is 0.151 e. The predicted molar refractivity (Wildman–Crippen MR) is 86.7 cm³/mol. The molecule has 2 fully saturated rings. The molecule has 2 aliphatic rings. The fourth-order valence-corrected chi connectivity index (χ4v) is 4.53. The second-order valence-corrected chi connectivity index (χ2v) is 7.76. The van der Waals surface area contributed by atoms with E-state index in [1.165, 1.54) is 12.8 Å². The van der Waals surface area contributed by atoms with Crippen LogP contribution in [0.5, 0.6) is 0 Å². The van der Waals surface area contributed by atoms with E-state index < -0.39 is 5.60 Å². The van der Waals surface area contributed by atoms with E-state index in [-0.39, 0.29) is 11.5 Å². The molecule has 0 N–H and O–H groups in total. The molecule has 21 heavy (non-hydrogen) atoms. The van der Waals surface area contributed by atoms with Gasteiger partial charge in [-0.1, -0.05) is 57.0 Å². The number of ether oxygens (including phenoxy) is 1. The first-order chi connectivity index (χ1) is 9.83. The van der Waals surface area contributed by atoms with Crippen LogP contribution in [0.4, 0.5) is 0 Å². The van der Waals surface area contributed by atoms with Gasteiger partial charge in [-0.25, -0.2) is 0 Å². The molecule has 3 rings (SSSR count). The molecule has 112 valence electrons. The highest BCUT2D eigenvalue weighted by atomic mass is 16.5. The second-order valence-electron chi connectivity index (χ2n) is 7.76. The third-order valence-electron chi connectivity index (χ3n) is 6.69. The van der Waals surface area contributed by atoms with Crippen molar-refractivity contribution in [1.82, 2.24) is 0 Å². The van der Waals surface area contributed by atoms with Crippen LogP contribution >= 0.6 is 0 Å². The number of rotatable bonds is 3. The number of hydrogen-bond acceptors (Lipinski definition) is 1. The first-order valence-corrected chi connectivity index (χ1v) is 8.04. The van der Waals surface area contributed by atoms with Gasteiger partial charge in [0.2, 0.25) is 0 Å². The van der Waals surface area contributed by atoms with Crippen molar-refractivity contribution in [2.45, 2.75) is 58.7 Å². The summed E-state index contributed by atoms with van der Waals surface area (Å²) in [5.74, 6) is 3.67. The van der Waals surface area contributed by atoms with Gasteiger partial charge in [0.25, 0.3) is 0 Å². The number of benzene rings is 1. The monoisotopic (exact) mass is 282 g/mol. The first kappa shape index (κ1) is 14.7. The zero-order chi connectivity index (χ0) is 15.3. The Morgan fingerprint density at radius 2 is 1.90 bits per heavy atom. The van der Waals surface area contributed by atoms with Crippen LogP contribution in [0.15, 0.2) is 30.3 Å². The lowest BCUT2D eigenvalue weighted by atomic mass is 9.70. The third-order valence-corrected chi connectivity index (χ3v) is 6.69. The highest BCUT2D eigenvalue weighted by molar-refractivity contribution is 5.30. The number of terminal acetylenes is 1. The Labute approximate surface area is 129 Å². The highest BCUT2D eigenvalue weighted by Gasteiger charge is 2.62. The Hall–Kier alpha value is -1.26. The highest BCUT2D eigenvalue weighted by Crippen LogP contribution is 2.66. The third kappa shape index (κ3) is 1.96. The average Bonchev–Trinajstić information content (AvgIpc) is 2.81. The van der Waals surface area contributed by atoms with Gasteiger partial charge in [-0.05, 0) is 48.5 Å². The molecule has 1 aromatic carbocycles. The van der Waals surface area contributed by atoms with Crippen LogP contribution in [-0.2, 0) is 10.3 Å². The van der Waals surface area contributed by atoms with Crippen LogP contribution < -0.4 is 0 Å². The molecule has 0 heterocycles. The minimum atomic E-state index is -0.629. The van der Waals surface area contributed by atoms with E-state index >= 15 is 0 Å². The lowest BCUT2D eigenvalue weighted by Crippen LogP contribution is -2.41. The van der Waals surface area contributed by atoms with Gasteiger partial charge < -0.3 is 4.74 Å². The molecule has 4 atom stereocenters. The summed E-state index contributed by atoms with van der Waals surface area (Å²) in [6.07, 6.45) is 9.84. The zero-order valence-electron chi connectivity index (χ0n) is 13.6. The van der Waals surface area contributed by atoms with Gasteiger partial charge in [0.05, 0.1) is 6.10 Å². The van der Waals surface area contributed by atoms with Gasteiger partial charge in [-0.3, -0.25) is 0 Å². The van der Waals surface area contributed by atoms with Gasteiger partial charge in [-0.15, -0.1) is 6.42 Å². The maximum Gasteiger partial charge on any atom is 0.151 e. The zero-order valence-corrected chi connectivity index (χ0v) is 13.6. The summed E-state index contributed by atoms with van der Waals surface area (Å²) in [6, 6.07) is 10.2. The average molecular weight is 282 g/mol. The Balaban J connectivity index is 1.89. The molecule has 0 aromatic heterocycles. The molecule has 2 bridgehead atoms. The Morgan fingerprint density at radius 1 is 1.24 bits per heavy atom. The Morgan fingerprint density at radius 3 is 2.38 bits per heavy atom. The maximum absolute atomic E-state index is 6.57. The van der Waals surface area contributed by atoms with E-state index in [2.05, 4.69) is 38.8 Å². The summed E-state index contributed by atoms with van der Waals surface area (Å²) >= 11 is 0. The molecule has 2 saturated carbocycles. The number of fused-ring (bicyclic) bond motifs is 2.